The molecule has 134 valence electrons. The van der Waals surface area contributed by atoms with Gasteiger partial charge in [0.1, 0.15) is 0 Å². The molecule has 0 aromatic rings. The average Bonchev–Trinajstić information content (AvgIpc) is 2.98. The Morgan fingerprint density at radius 2 is 1.91 bits per heavy atom. The van der Waals surface area contributed by atoms with Gasteiger partial charge in [-0.25, -0.2) is 13.2 Å². The van der Waals surface area contributed by atoms with Gasteiger partial charge in [-0.15, -0.1) is 0 Å². The van der Waals surface area contributed by atoms with Gasteiger partial charge in [0.25, 0.3) is 0 Å². The van der Waals surface area contributed by atoms with Crippen LogP contribution in [0, 0.1) is 5.92 Å². The number of amides is 2. The zero-order chi connectivity index (χ0) is 17.0. The molecule has 2 amide bonds. The fourth-order valence-electron chi connectivity index (χ4n) is 3.26. The molecule has 2 heterocycles. The number of carbonyl (C=O) groups is 1. The van der Waals surface area contributed by atoms with E-state index >= 15 is 0 Å². The second-order valence-electron chi connectivity index (χ2n) is 6.83. The Labute approximate surface area is 139 Å². The number of rotatable bonds is 5. The van der Waals surface area contributed by atoms with Crippen molar-refractivity contribution in [1.82, 2.24) is 15.1 Å². The Hall–Kier alpha value is -0.860. The minimum absolute atomic E-state index is 0.157. The summed E-state index contributed by atoms with van der Waals surface area (Å²) in [7, 11) is -3.07. The summed E-state index contributed by atoms with van der Waals surface area (Å²) >= 11 is 0. The summed E-state index contributed by atoms with van der Waals surface area (Å²) in [5, 5.41) is 2.56. The molecule has 2 rings (SSSR count). The highest BCUT2D eigenvalue weighted by atomic mass is 32.2. The van der Waals surface area contributed by atoms with E-state index in [-0.39, 0.29) is 12.1 Å². The average molecular weight is 347 g/mol. The summed E-state index contributed by atoms with van der Waals surface area (Å²) in [4.78, 5) is 16.3. The maximum atomic E-state index is 12.3. The second-order valence-corrected chi connectivity index (χ2v) is 9.16. The summed E-state index contributed by atoms with van der Waals surface area (Å²) < 4.78 is 28.6. The molecule has 23 heavy (non-hydrogen) atoms. The van der Waals surface area contributed by atoms with Gasteiger partial charge in [0.15, 0.2) is 9.84 Å². The van der Waals surface area contributed by atoms with Gasteiger partial charge < -0.3 is 15.0 Å². The lowest BCUT2D eigenvalue weighted by molar-refractivity contribution is 0.00699. The van der Waals surface area contributed by atoms with E-state index in [2.05, 4.69) is 24.1 Å². The third-order valence-electron chi connectivity index (χ3n) is 4.78. The number of nitrogens with one attached hydrogen (secondary N) is 1. The monoisotopic (exact) mass is 347 g/mol. The number of urea groups is 1. The number of ether oxygens (including phenoxy) is 1. The fourth-order valence-corrected chi connectivity index (χ4v) is 4.25. The molecule has 0 radical (unpaired) electrons. The third kappa shape index (κ3) is 5.06. The van der Waals surface area contributed by atoms with Gasteiger partial charge in [0, 0.05) is 45.0 Å². The van der Waals surface area contributed by atoms with Crippen LogP contribution in [0.5, 0.6) is 0 Å². The molecular weight excluding hydrogens is 318 g/mol. The Kier molecular flexibility index (Phi) is 6.27. The van der Waals surface area contributed by atoms with E-state index < -0.39 is 15.1 Å². The van der Waals surface area contributed by atoms with E-state index in [0.29, 0.717) is 32.0 Å². The quantitative estimate of drug-likeness (QED) is 0.767. The molecule has 2 aliphatic heterocycles. The molecular formula is C15H29N3O4S. The predicted octanol–water partition coefficient (Wildman–Crippen LogP) is 0.172. The SMILES string of the molecule is CC(C)C(CNC(=O)N1CCC(S(C)(=O)=O)C1)N1CCOCC1. The van der Waals surface area contributed by atoms with E-state index in [1.54, 1.807) is 4.90 Å². The Morgan fingerprint density at radius 3 is 2.43 bits per heavy atom. The summed E-state index contributed by atoms with van der Waals surface area (Å²) in [6.07, 6.45) is 1.77. The van der Waals surface area contributed by atoms with E-state index in [1.165, 1.54) is 6.26 Å². The van der Waals surface area contributed by atoms with Crippen molar-refractivity contribution in [2.24, 2.45) is 5.92 Å². The van der Waals surface area contributed by atoms with Gasteiger partial charge in [-0.2, -0.15) is 0 Å². The molecule has 2 saturated heterocycles. The first kappa shape index (κ1) is 18.5. The van der Waals surface area contributed by atoms with Crippen LogP contribution < -0.4 is 5.32 Å². The van der Waals surface area contributed by atoms with Gasteiger partial charge in [0.2, 0.25) is 0 Å². The van der Waals surface area contributed by atoms with Crippen molar-refractivity contribution in [3.05, 3.63) is 0 Å². The van der Waals surface area contributed by atoms with Crippen molar-refractivity contribution in [3.8, 4) is 0 Å². The largest absolute Gasteiger partial charge is 0.379 e. The highest BCUT2D eigenvalue weighted by molar-refractivity contribution is 7.91. The normalized spacial score (nSPS) is 24.9. The molecule has 0 aromatic heterocycles. The van der Waals surface area contributed by atoms with Crippen LogP contribution in [-0.4, -0.2) is 87.7 Å². The van der Waals surface area contributed by atoms with Crippen molar-refractivity contribution in [2.75, 3.05) is 52.2 Å². The predicted molar refractivity (Wildman–Crippen MR) is 89.2 cm³/mol. The van der Waals surface area contributed by atoms with Crippen molar-refractivity contribution in [3.63, 3.8) is 0 Å². The van der Waals surface area contributed by atoms with Crippen LogP contribution in [0.15, 0.2) is 0 Å². The van der Waals surface area contributed by atoms with E-state index in [0.717, 1.165) is 26.3 Å². The fraction of sp³-hybridized carbons (Fsp3) is 0.933. The zero-order valence-electron chi connectivity index (χ0n) is 14.3. The molecule has 0 saturated carbocycles. The molecule has 7 nitrogen and oxygen atoms in total. The molecule has 0 bridgehead atoms. The minimum Gasteiger partial charge on any atom is -0.379 e. The van der Waals surface area contributed by atoms with E-state index in [1.807, 2.05) is 0 Å². The second kappa shape index (κ2) is 7.81. The van der Waals surface area contributed by atoms with Crippen LogP contribution in [0.1, 0.15) is 20.3 Å². The van der Waals surface area contributed by atoms with Crippen LogP contribution >= 0.6 is 0 Å². The molecule has 2 atom stereocenters. The Morgan fingerprint density at radius 1 is 1.26 bits per heavy atom. The highest BCUT2D eigenvalue weighted by Gasteiger charge is 2.33. The third-order valence-corrected chi connectivity index (χ3v) is 6.38. The van der Waals surface area contributed by atoms with Crippen molar-refractivity contribution >= 4 is 15.9 Å². The van der Waals surface area contributed by atoms with Crippen LogP contribution in [0.4, 0.5) is 4.79 Å². The maximum Gasteiger partial charge on any atom is 0.317 e. The first-order chi connectivity index (χ1) is 10.8. The number of likely N-dealkylation sites (tertiary alicyclic amines) is 1. The van der Waals surface area contributed by atoms with Gasteiger partial charge >= 0.3 is 6.03 Å². The van der Waals surface area contributed by atoms with E-state index in [9.17, 15) is 13.2 Å². The van der Waals surface area contributed by atoms with Crippen molar-refractivity contribution in [2.45, 2.75) is 31.6 Å². The van der Waals surface area contributed by atoms with E-state index in [4.69, 9.17) is 4.74 Å². The molecule has 0 aromatic carbocycles. The van der Waals surface area contributed by atoms with Crippen LogP contribution in [0.25, 0.3) is 0 Å². The van der Waals surface area contributed by atoms with Crippen LogP contribution in [0.3, 0.4) is 0 Å². The first-order valence-electron chi connectivity index (χ1n) is 8.32. The zero-order valence-corrected chi connectivity index (χ0v) is 15.1. The molecule has 2 fully saturated rings. The van der Waals surface area contributed by atoms with Crippen molar-refractivity contribution in [1.29, 1.82) is 0 Å². The lowest BCUT2D eigenvalue weighted by atomic mass is 10.0. The topological polar surface area (TPSA) is 79.0 Å². The van der Waals surface area contributed by atoms with Gasteiger partial charge in [-0.05, 0) is 12.3 Å². The summed E-state index contributed by atoms with van der Waals surface area (Å²) in [6.45, 7) is 8.94. The standard InChI is InChI=1S/C15H29N3O4S/c1-12(2)14(17-6-8-22-9-7-17)10-16-15(19)18-5-4-13(11-18)23(3,20)21/h12-14H,4-11H2,1-3H3,(H,16,19). The number of morpholine rings is 1. The maximum absolute atomic E-state index is 12.3. The Bertz CT molecular complexity index is 503. The highest BCUT2D eigenvalue weighted by Crippen LogP contribution is 2.17. The molecule has 1 N–H and O–H groups in total. The summed E-state index contributed by atoms with van der Waals surface area (Å²) in [5.74, 6) is 0.427. The lowest BCUT2D eigenvalue weighted by Gasteiger charge is -2.37. The first-order valence-corrected chi connectivity index (χ1v) is 10.3. The van der Waals surface area contributed by atoms with Crippen LogP contribution in [-0.2, 0) is 14.6 Å². The van der Waals surface area contributed by atoms with Crippen molar-refractivity contribution < 1.29 is 17.9 Å². The summed E-state index contributed by atoms with van der Waals surface area (Å²) in [6, 6.07) is 0.117. The van der Waals surface area contributed by atoms with Gasteiger partial charge in [-0.3, -0.25) is 4.90 Å². The smallest absolute Gasteiger partial charge is 0.317 e. The van der Waals surface area contributed by atoms with Gasteiger partial charge in [-0.1, -0.05) is 13.8 Å². The Balaban J connectivity index is 1.84. The molecule has 8 heteroatoms. The minimum atomic E-state index is -3.07. The molecule has 0 aliphatic carbocycles. The molecule has 2 unspecified atom stereocenters. The number of carbonyl (C=O) groups excluding carboxylic acids is 1. The number of hydrogen-bond donors (Lipinski definition) is 1. The number of sulfone groups is 1. The van der Waals surface area contributed by atoms with Gasteiger partial charge in [0.05, 0.1) is 18.5 Å². The summed E-state index contributed by atoms with van der Waals surface area (Å²) in [5.41, 5.74) is 0. The lowest BCUT2D eigenvalue weighted by Crippen LogP contribution is -2.52. The molecule has 0 spiro atoms. The number of hydrogen-bond acceptors (Lipinski definition) is 5. The molecule has 2 aliphatic rings. The van der Waals surface area contributed by atoms with Crippen LogP contribution in [0.2, 0.25) is 0 Å². The number of nitrogens with zero attached hydrogens (tertiary/aromatic N) is 2.